The first-order valence-electron chi connectivity index (χ1n) is 10.2. The molecule has 3 aliphatic heterocycles. The molecule has 3 heteroatoms. The summed E-state index contributed by atoms with van der Waals surface area (Å²) in [6, 6.07) is 5.17. The molecule has 4 rings (SSSR count). The minimum Gasteiger partial charge on any atom is -0.371 e. The monoisotopic (exact) mass is 349 g/mol. The summed E-state index contributed by atoms with van der Waals surface area (Å²) in [6.45, 7) is 14.2. The smallest absolute Gasteiger partial charge is 0.108 e. The van der Waals surface area contributed by atoms with Crippen molar-refractivity contribution >= 4 is 17.6 Å². The zero-order valence-corrected chi connectivity index (χ0v) is 16.5. The number of amidine groups is 1. The minimum atomic E-state index is 0.324. The molecule has 0 amide bonds. The Morgan fingerprint density at radius 2 is 1.81 bits per heavy atom. The molecule has 26 heavy (non-hydrogen) atoms. The fourth-order valence-electron chi connectivity index (χ4n) is 4.73. The summed E-state index contributed by atoms with van der Waals surface area (Å²) in [4.78, 5) is 9.71. The second-order valence-electron chi connectivity index (χ2n) is 8.06. The van der Waals surface area contributed by atoms with Gasteiger partial charge in [-0.1, -0.05) is 6.58 Å². The summed E-state index contributed by atoms with van der Waals surface area (Å²) in [5, 5.41) is 0. The maximum atomic E-state index is 4.83. The summed E-state index contributed by atoms with van der Waals surface area (Å²) < 4.78 is 0. The van der Waals surface area contributed by atoms with Crippen LogP contribution in [-0.4, -0.2) is 36.4 Å². The van der Waals surface area contributed by atoms with Crippen LogP contribution in [0.15, 0.2) is 35.0 Å². The van der Waals surface area contributed by atoms with E-state index in [1.54, 1.807) is 16.8 Å². The van der Waals surface area contributed by atoms with E-state index in [2.05, 4.69) is 55.4 Å². The fraction of sp³-hybridized carbons (Fsp3) is 0.522. The van der Waals surface area contributed by atoms with Crippen LogP contribution in [0.2, 0.25) is 0 Å². The molecule has 0 bridgehead atoms. The highest BCUT2D eigenvalue weighted by atomic mass is 15.2. The molecule has 0 N–H and O–H groups in total. The Hall–Kier alpha value is -2.03. The first-order chi connectivity index (χ1) is 12.6. The van der Waals surface area contributed by atoms with Gasteiger partial charge in [0.1, 0.15) is 5.84 Å². The maximum Gasteiger partial charge on any atom is 0.108 e. The van der Waals surface area contributed by atoms with Gasteiger partial charge < -0.3 is 9.80 Å². The van der Waals surface area contributed by atoms with Crippen molar-refractivity contribution in [3.63, 3.8) is 0 Å². The van der Waals surface area contributed by atoms with Crippen LogP contribution >= 0.6 is 0 Å². The molecule has 138 valence electrons. The van der Waals surface area contributed by atoms with Crippen molar-refractivity contribution in [3.8, 4) is 0 Å². The summed E-state index contributed by atoms with van der Waals surface area (Å²) in [6.07, 6.45) is 8.28. The van der Waals surface area contributed by atoms with Gasteiger partial charge in [-0.05, 0) is 86.9 Å². The van der Waals surface area contributed by atoms with Crippen LogP contribution in [0.4, 0.5) is 5.69 Å². The number of rotatable bonds is 3. The topological polar surface area (TPSA) is 18.8 Å². The largest absolute Gasteiger partial charge is 0.371 e. The van der Waals surface area contributed by atoms with Gasteiger partial charge in [-0.25, -0.2) is 0 Å². The molecule has 3 heterocycles. The lowest BCUT2D eigenvalue weighted by Gasteiger charge is -2.37. The summed E-state index contributed by atoms with van der Waals surface area (Å²) >= 11 is 0. The average molecular weight is 350 g/mol. The summed E-state index contributed by atoms with van der Waals surface area (Å²) in [5.41, 5.74) is 8.44. The molecule has 0 atom stereocenters. The molecule has 1 aromatic rings. The zero-order chi connectivity index (χ0) is 18.3. The molecule has 1 fully saturated rings. The molecule has 3 aliphatic rings. The SMILES string of the molecule is C=C1/C(=C\c2cc3c4c(c2)CCCN4CCC3)C/C(=N/C(C)C)N1CC. The fourth-order valence-corrected chi connectivity index (χ4v) is 4.73. The third kappa shape index (κ3) is 3.08. The number of aryl methyl sites for hydroxylation is 2. The van der Waals surface area contributed by atoms with Gasteiger partial charge in [0.2, 0.25) is 0 Å². The van der Waals surface area contributed by atoms with Crippen LogP contribution in [0.1, 0.15) is 56.7 Å². The average Bonchev–Trinajstić information content (AvgIpc) is 2.89. The highest BCUT2D eigenvalue weighted by Gasteiger charge is 2.27. The van der Waals surface area contributed by atoms with E-state index in [4.69, 9.17) is 4.99 Å². The van der Waals surface area contributed by atoms with Crippen LogP contribution in [0.25, 0.3) is 6.08 Å². The number of aliphatic imine (C=N–C) groups is 1. The molecule has 0 unspecified atom stereocenters. The van der Waals surface area contributed by atoms with E-state index in [0.717, 1.165) is 18.7 Å². The van der Waals surface area contributed by atoms with E-state index in [9.17, 15) is 0 Å². The van der Waals surface area contributed by atoms with Gasteiger partial charge in [0.15, 0.2) is 0 Å². The summed E-state index contributed by atoms with van der Waals surface area (Å²) in [5.74, 6) is 1.17. The van der Waals surface area contributed by atoms with Crippen molar-refractivity contribution in [2.75, 3.05) is 24.5 Å². The van der Waals surface area contributed by atoms with Gasteiger partial charge in [-0.2, -0.15) is 0 Å². The first-order valence-corrected chi connectivity index (χ1v) is 10.2. The van der Waals surface area contributed by atoms with Crippen LogP contribution < -0.4 is 4.90 Å². The van der Waals surface area contributed by atoms with Crippen molar-refractivity contribution in [2.45, 2.75) is 58.9 Å². The van der Waals surface area contributed by atoms with E-state index >= 15 is 0 Å². The number of hydrogen-bond donors (Lipinski definition) is 0. The van der Waals surface area contributed by atoms with Crippen molar-refractivity contribution in [3.05, 3.63) is 46.7 Å². The van der Waals surface area contributed by atoms with Crippen molar-refractivity contribution in [1.29, 1.82) is 0 Å². The molecular weight excluding hydrogens is 318 g/mol. The highest BCUT2D eigenvalue weighted by Crippen LogP contribution is 2.37. The molecule has 1 saturated heterocycles. The number of benzene rings is 1. The Morgan fingerprint density at radius 3 is 2.38 bits per heavy atom. The van der Waals surface area contributed by atoms with E-state index in [0.29, 0.717) is 6.04 Å². The molecule has 0 spiro atoms. The Balaban J connectivity index is 1.70. The normalized spacial score (nSPS) is 22.7. The zero-order valence-electron chi connectivity index (χ0n) is 16.5. The quantitative estimate of drug-likeness (QED) is 0.779. The third-order valence-corrected chi connectivity index (χ3v) is 5.78. The first kappa shape index (κ1) is 17.4. The van der Waals surface area contributed by atoms with E-state index < -0.39 is 0 Å². The predicted molar refractivity (Wildman–Crippen MR) is 112 cm³/mol. The Morgan fingerprint density at radius 1 is 1.15 bits per heavy atom. The van der Waals surface area contributed by atoms with Gasteiger partial charge in [0.05, 0.1) is 0 Å². The van der Waals surface area contributed by atoms with Gasteiger partial charge in [-0.3, -0.25) is 4.99 Å². The van der Waals surface area contributed by atoms with Crippen molar-refractivity contribution in [1.82, 2.24) is 4.90 Å². The predicted octanol–water partition coefficient (Wildman–Crippen LogP) is 4.82. The highest BCUT2D eigenvalue weighted by molar-refractivity contribution is 5.93. The number of anilines is 1. The van der Waals surface area contributed by atoms with Gasteiger partial charge in [-0.15, -0.1) is 0 Å². The number of likely N-dealkylation sites (tertiary alicyclic amines) is 1. The van der Waals surface area contributed by atoms with Crippen molar-refractivity contribution in [2.24, 2.45) is 4.99 Å². The maximum absolute atomic E-state index is 4.83. The lowest BCUT2D eigenvalue weighted by Crippen LogP contribution is -2.34. The number of nitrogens with zero attached hydrogens (tertiary/aromatic N) is 3. The molecular formula is C23H31N3. The Kier molecular flexibility index (Phi) is 4.64. The molecule has 1 aromatic carbocycles. The molecule has 0 saturated carbocycles. The molecule has 3 nitrogen and oxygen atoms in total. The lowest BCUT2D eigenvalue weighted by atomic mass is 9.89. The number of hydrogen-bond acceptors (Lipinski definition) is 2. The van der Waals surface area contributed by atoms with Crippen molar-refractivity contribution < 1.29 is 0 Å². The van der Waals surface area contributed by atoms with Crippen LogP contribution in [-0.2, 0) is 12.8 Å². The standard InChI is InChI=1S/C23H31N3/c1-5-26-17(4)21(15-22(26)24-16(2)3)14-18-12-19-8-6-10-25-11-7-9-20(13-18)23(19)25/h12-14,16H,4-11,15H2,1-3H3/b21-14-,24-22-. The third-order valence-electron chi connectivity index (χ3n) is 5.78. The van der Waals surface area contributed by atoms with Gasteiger partial charge in [0.25, 0.3) is 0 Å². The Labute approximate surface area is 158 Å². The second kappa shape index (κ2) is 6.94. The van der Waals surface area contributed by atoms with Crippen LogP contribution in [0.5, 0.6) is 0 Å². The van der Waals surface area contributed by atoms with E-state index in [1.807, 2.05) is 0 Å². The molecule has 0 aromatic heterocycles. The molecule has 0 aliphatic carbocycles. The second-order valence-corrected chi connectivity index (χ2v) is 8.06. The van der Waals surface area contributed by atoms with E-state index in [-0.39, 0.29) is 0 Å². The van der Waals surface area contributed by atoms with Gasteiger partial charge in [0, 0.05) is 43.5 Å². The Bertz CT molecular complexity index is 754. The lowest BCUT2D eigenvalue weighted by molar-refractivity contribution is 0.566. The van der Waals surface area contributed by atoms with E-state index in [1.165, 1.54) is 55.7 Å². The molecule has 0 radical (unpaired) electrons. The van der Waals surface area contributed by atoms with Crippen LogP contribution in [0.3, 0.4) is 0 Å². The number of allylic oxidation sites excluding steroid dienone is 1. The van der Waals surface area contributed by atoms with Crippen LogP contribution in [0, 0.1) is 0 Å². The minimum absolute atomic E-state index is 0.324. The van der Waals surface area contributed by atoms with Gasteiger partial charge >= 0.3 is 0 Å². The summed E-state index contributed by atoms with van der Waals surface area (Å²) in [7, 11) is 0. The number of likely N-dealkylation sites (N-methyl/N-ethyl adjacent to an activating group) is 1.